The van der Waals surface area contributed by atoms with Crippen LogP contribution in [-0.2, 0) is 10.0 Å². The van der Waals surface area contributed by atoms with Crippen LogP contribution in [0.2, 0.25) is 0 Å². The van der Waals surface area contributed by atoms with Crippen LogP contribution < -0.4 is 5.73 Å². The summed E-state index contributed by atoms with van der Waals surface area (Å²) in [4.78, 5) is 4.17. The molecule has 1 aromatic heterocycles. The lowest BCUT2D eigenvalue weighted by Gasteiger charge is -2.44. The summed E-state index contributed by atoms with van der Waals surface area (Å²) in [5.74, 6) is 0. The van der Waals surface area contributed by atoms with Crippen molar-refractivity contribution in [3.8, 4) is 0 Å². The minimum absolute atomic E-state index is 0.250. The van der Waals surface area contributed by atoms with Gasteiger partial charge in [-0.3, -0.25) is 4.98 Å². The molecule has 6 heteroatoms. The Balaban J connectivity index is 2.40. The van der Waals surface area contributed by atoms with Gasteiger partial charge in [-0.1, -0.05) is 26.2 Å². The number of hydrogen-bond donors (Lipinski definition) is 1. The Hall–Kier alpha value is -0.980. The Bertz CT molecular complexity index is 525. The van der Waals surface area contributed by atoms with Gasteiger partial charge in [0.25, 0.3) is 0 Å². The maximum absolute atomic E-state index is 12.9. The molecule has 0 bridgehead atoms. The highest BCUT2D eigenvalue weighted by Crippen LogP contribution is 2.36. The van der Waals surface area contributed by atoms with Crippen molar-refractivity contribution in [2.45, 2.75) is 49.5 Å². The fourth-order valence-electron chi connectivity index (χ4n) is 3.15. The highest BCUT2D eigenvalue weighted by molar-refractivity contribution is 7.89. The molecule has 20 heavy (non-hydrogen) atoms. The summed E-state index contributed by atoms with van der Waals surface area (Å²) >= 11 is 0. The molecule has 5 nitrogen and oxygen atoms in total. The third-order valence-corrected chi connectivity index (χ3v) is 6.27. The minimum atomic E-state index is -3.53. The smallest absolute Gasteiger partial charge is 0.245 e. The maximum atomic E-state index is 12.9. The number of nitrogens with zero attached hydrogens (tertiary/aromatic N) is 2. The van der Waals surface area contributed by atoms with Crippen molar-refractivity contribution in [3.63, 3.8) is 0 Å². The summed E-state index contributed by atoms with van der Waals surface area (Å²) in [5.41, 5.74) is 5.54. The average Bonchev–Trinajstić information content (AvgIpc) is 2.49. The summed E-state index contributed by atoms with van der Waals surface area (Å²) in [6.45, 7) is 2.69. The molecule has 0 spiro atoms. The van der Waals surface area contributed by atoms with Gasteiger partial charge < -0.3 is 5.73 Å². The lowest BCUT2D eigenvalue weighted by atomic mass is 9.81. The molecule has 0 aliphatic heterocycles. The number of pyridine rings is 1. The molecule has 1 fully saturated rings. The predicted octanol–water partition coefficient (Wildman–Crippen LogP) is 1.75. The zero-order valence-electron chi connectivity index (χ0n) is 12.0. The van der Waals surface area contributed by atoms with E-state index in [0.29, 0.717) is 13.1 Å². The van der Waals surface area contributed by atoms with Gasteiger partial charge in [0, 0.05) is 31.0 Å². The summed E-state index contributed by atoms with van der Waals surface area (Å²) < 4.78 is 27.3. The highest BCUT2D eigenvalue weighted by Gasteiger charge is 2.42. The molecule has 2 rings (SSSR count). The van der Waals surface area contributed by atoms with Crippen molar-refractivity contribution >= 4 is 10.0 Å². The van der Waals surface area contributed by atoms with Gasteiger partial charge in [-0.05, 0) is 25.0 Å². The molecule has 0 radical (unpaired) electrons. The molecule has 0 unspecified atom stereocenters. The second-order valence-corrected chi connectivity index (χ2v) is 7.21. The molecule has 112 valence electrons. The molecule has 1 heterocycles. The zero-order chi connectivity index (χ0) is 14.6. The number of rotatable bonds is 5. The Morgan fingerprint density at radius 1 is 1.35 bits per heavy atom. The van der Waals surface area contributed by atoms with E-state index < -0.39 is 15.6 Å². The molecule has 0 amide bonds. The zero-order valence-corrected chi connectivity index (χ0v) is 12.8. The van der Waals surface area contributed by atoms with Gasteiger partial charge in [0.05, 0.1) is 0 Å². The first-order valence-electron chi connectivity index (χ1n) is 7.20. The largest absolute Gasteiger partial charge is 0.329 e. The first-order chi connectivity index (χ1) is 9.57. The molecule has 0 atom stereocenters. The van der Waals surface area contributed by atoms with E-state index in [-0.39, 0.29) is 4.90 Å². The molecule has 1 aliphatic carbocycles. The molecule has 1 aliphatic rings. The first kappa shape index (κ1) is 15.4. The summed E-state index contributed by atoms with van der Waals surface area (Å²) in [6.07, 6.45) is 7.91. The van der Waals surface area contributed by atoms with Crippen LogP contribution >= 0.6 is 0 Å². The van der Waals surface area contributed by atoms with Crippen molar-refractivity contribution in [2.75, 3.05) is 13.1 Å². The summed E-state index contributed by atoms with van der Waals surface area (Å²) in [5, 5.41) is 0. The monoisotopic (exact) mass is 297 g/mol. The number of hydrogen-bond acceptors (Lipinski definition) is 4. The van der Waals surface area contributed by atoms with Gasteiger partial charge in [0.1, 0.15) is 4.90 Å². The molecule has 2 N–H and O–H groups in total. The van der Waals surface area contributed by atoms with E-state index in [9.17, 15) is 8.42 Å². The van der Waals surface area contributed by atoms with Crippen LogP contribution in [0.3, 0.4) is 0 Å². The van der Waals surface area contributed by atoms with Gasteiger partial charge >= 0.3 is 0 Å². The van der Waals surface area contributed by atoms with Crippen molar-refractivity contribution in [2.24, 2.45) is 5.73 Å². The molecule has 0 saturated heterocycles. The van der Waals surface area contributed by atoms with Gasteiger partial charge in [-0.25, -0.2) is 8.42 Å². The van der Waals surface area contributed by atoms with Gasteiger partial charge in [0.2, 0.25) is 10.0 Å². The Morgan fingerprint density at radius 2 is 2.05 bits per heavy atom. The normalized spacial score (nSPS) is 19.1. The topological polar surface area (TPSA) is 76.3 Å². The number of aromatic nitrogens is 1. The van der Waals surface area contributed by atoms with Crippen LogP contribution in [0.5, 0.6) is 0 Å². The Kier molecular flexibility index (Phi) is 4.78. The third kappa shape index (κ3) is 2.73. The first-order valence-corrected chi connectivity index (χ1v) is 8.64. The second kappa shape index (κ2) is 6.20. The average molecular weight is 297 g/mol. The number of sulfonamides is 1. The highest BCUT2D eigenvalue weighted by atomic mass is 32.2. The second-order valence-electron chi connectivity index (χ2n) is 5.35. The quantitative estimate of drug-likeness (QED) is 0.898. The molecule has 0 aromatic carbocycles. The molecular weight excluding hydrogens is 274 g/mol. The predicted molar refractivity (Wildman–Crippen MR) is 78.7 cm³/mol. The van der Waals surface area contributed by atoms with Crippen LogP contribution in [0.4, 0.5) is 0 Å². The van der Waals surface area contributed by atoms with Crippen molar-refractivity contribution in [3.05, 3.63) is 24.5 Å². The van der Waals surface area contributed by atoms with Crippen molar-refractivity contribution < 1.29 is 8.42 Å². The van der Waals surface area contributed by atoms with E-state index in [2.05, 4.69) is 4.98 Å². The van der Waals surface area contributed by atoms with Gasteiger partial charge in [0.15, 0.2) is 0 Å². The Morgan fingerprint density at radius 3 is 2.55 bits per heavy atom. The van der Waals surface area contributed by atoms with Crippen LogP contribution in [-0.4, -0.2) is 36.3 Å². The van der Waals surface area contributed by atoms with Crippen LogP contribution in [0, 0.1) is 0 Å². The summed E-state index contributed by atoms with van der Waals surface area (Å²) in [6, 6.07) is 3.24. The van der Waals surface area contributed by atoms with E-state index in [4.69, 9.17) is 5.73 Å². The van der Waals surface area contributed by atoms with E-state index in [1.807, 2.05) is 6.92 Å². The Labute approximate surface area is 121 Å². The fourth-order valence-corrected chi connectivity index (χ4v) is 4.96. The fraction of sp³-hybridized carbons (Fsp3) is 0.643. The number of likely N-dealkylation sites (N-methyl/N-ethyl adjacent to an activating group) is 1. The van der Waals surface area contributed by atoms with E-state index >= 15 is 0 Å². The molecule has 1 aromatic rings. The van der Waals surface area contributed by atoms with Crippen LogP contribution in [0.25, 0.3) is 0 Å². The molecule has 1 saturated carbocycles. The maximum Gasteiger partial charge on any atom is 0.245 e. The SMILES string of the molecule is CCN(C1(CN)CCCCC1)S(=O)(=O)c1cccnc1. The number of nitrogens with two attached hydrogens (primary N) is 1. The summed E-state index contributed by atoms with van der Waals surface area (Å²) in [7, 11) is -3.53. The van der Waals surface area contributed by atoms with E-state index in [1.54, 1.807) is 22.6 Å². The van der Waals surface area contributed by atoms with E-state index in [1.165, 1.54) is 6.20 Å². The van der Waals surface area contributed by atoms with E-state index in [0.717, 1.165) is 32.1 Å². The van der Waals surface area contributed by atoms with Gasteiger partial charge in [-0.15, -0.1) is 0 Å². The third-order valence-electron chi connectivity index (χ3n) is 4.20. The minimum Gasteiger partial charge on any atom is -0.329 e. The van der Waals surface area contributed by atoms with Gasteiger partial charge in [-0.2, -0.15) is 4.31 Å². The lowest BCUT2D eigenvalue weighted by molar-refractivity contribution is 0.141. The molecular formula is C14H23N3O2S. The van der Waals surface area contributed by atoms with Crippen molar-refractivity contribution in [1.29, 1.82) is 0 Å². The van der Waals surface area contributed by atoms with Crippen molar-refractivity contribution in [1.82, 2.24) is 9.29 Å². The van der Waals surface area contributed by atoms with Crippen LogP contribution in [0.15, 0.2) is 29.4 Å². The van der Waals surface area contributed by atoms with Crippen LogP contribution in [0.1, 0.15) is 39.0 Å². The lowest BCUT2D eigenvalue weighted by Crippen LogP contribution is -2.57. The standard InChI is InChI=1S/C14H23N3O2S/c1-2-17(14(12-15)8-4-3-5-9-14)20(18,19)13-7-6-10-16-11-13/h6-7,10-11H,2-5,8-9,12,15H2,1H3.